The van der Waals surface area contributed by atoms with E-state index < -0.39 is 0 Å². The Bertz CT molecular complexity index is 1010. The maximum Gasteiger partial charge on any atom is 0.134 e. The van der Waals surface area contributed by atoms with Gasteiger partial charge in [0.05, 0.1) is 24.3 Å². The second-order valence-corrected chi connectivity index (χ2v) is 7.82. The lowest BCUT2D eigenvalue weighted by molar-refractivity contribution is 0.304. The first kappa shape index (κ1) is 21.5. The molecule has 3 aromatic rings. The molecular weight excluding hydrogens is 475 g/mol. The number of benzene rings is 3. The quantitative estimate of drug-likeness (QED) is 0.289. The highest BCUT2D eigenvalue weighted by molar-refractivity contribution is 9.10. The molecular formula is C22H19BrCl2N2O2. The van der Waals surface area contributed by atoms with Crippen LogP contribution in [0.2, 0.25) is 10.0 Å². The minimum atomic E-state index is 0.350. The lowest BCUT2D eigenvalue weighted by Gasteiger charge is -2.10. The van der Waals surface area contributed by atoms with E-state index in [-0.39, 0.29) is 0 Å². The zero-order valence-electron chi connectivity index (χ0n) is 15.7. The summed E-state index contributed by atoms with van der Waals surface area (Å²) in [5, 5.41) is 5.46. The van der Waals surface area contributed by atoms with Crippen molar-refractivity contribution in [1.29, 1.82) is 0 Å². The molecule has 0 saturated heterocycles. The molecule has 3 aromatic carbocycles. The Labute approximate surface area is 188 Å². The van der Waals surface area contributed by atoms with Gasteiger partial charge in [0.15, 0.2) is 0 Å². The third-order valence-corrected chi connectivity index (χ3v) is 5.33. The average molecular weight is 494 g/mol. The summed E-state index contributed by atoms with van der Waals surface area (Å²) in [6.07, 6.45) is 1.75. The predicted octanol–water partition coefficient (Wildman–Crippen LogP) is 6.47. The van der Waals surface area contributed by atoms with E-state index >= 15 is 0 Å². The highest BCUT2D eigenvalue weighted by Crippen LogP contribution is 2.28. The van der Waals surface area contributed by atoms with Gasteiger partial charge in [-0.3, -0.25) is 0 Å². The third-order valence-electron chi connectivity index (χ3n) is 4.12. The number of ether oxygens (including phenoxy) is 2. The van der Waals surface area contributed by atoms with Crippen LogP contribution in [0, 0.1) is 0 Å². The van der Waals surface area contributed by atoms with Crippen LogP contribution in [0.4, 0.5) is 0 Å². The van der Waals surface area contributed by atoms with Gasteiger partial charge in [-0.15, -0.1) is 0 Å². The van der Waals surface area contributed by atoms with Crippen molar-refractivity contribution in [2.75, 3.05) is 7.11 Å². The van der Waals surface area contributed by atoms with Crippen molar-refractivity contribution < 1.29 is 9.47 Å². The molecule has 0 amide bonds. The summed E-state index contributed by atoms with van der Waals surface area (Å²) < 4.78 is 12.0. The Morgan fingerprint density at radius 3 is 2.59 bits per heavy atom. The van der Waals surface area contributed by atoms with Gasteiger partial charge in [0, 0.05) is 21.2 Å². The fourth-order valence-corrected chi connectivity index (χ4v) is 3.58. The van der Waals surface area contributed by atoms with Crippen LogP contribution >= 0.6 is 39.1 Å². The summed E-state index contributed by atoms with van der Waals surface area (Å²) in [5.74, 6) is 1.55. The molecule has 0 fully saturated rings. The van der Waals surface area contributed by atoms with E-state index in [4.69, 9.17) is 32.7 Å². The van der Waals surface area contributed by atoms with Crippen LogP contribution in [0.1, 0.15) is 16.7 Å². The second-order valence-electron chi connectivity index (χ2n) is 6.12. The van der Waals surface area contributed by atoms with Gasteiger partial charge in [-0.2, -0.15) is 5.10 Å². The topological polar surface area (TPSA) is 42.8 Å². The van der Waals surface area contributed by atoms with Gasteiger partial charge in [-0.05, 0) is 57.9 Å². The summed E-state index contributed by atoms with van der Waals surface area (Å²) in [6.45, 7) is 0.924. The van der Waals surface area contributed by atoms with Gasteiger partial charge < -0.3 is 14.9 Å². The first-order valence-corrected chi connectivity index (χ1v) is 10.4. The summed E-state index contributed by atoms with van der Waals surface area (Å²) in [6, 6.07) is 18.9. The number of rotatable bonds is 8. The molecule has 29 heavy (non-hydrogen) atoms. The van der Waals surface area contributed by atoms with Crippen molar-refractivity contribution in [3.63, 3.8) is 0 Å². The molecule has 4 nitrogen and oxygen atoms in total. The fraction of sp³-hybridized carbons (Fsp3) is 0.136. The Morgan fingerprint density at radius 2 is 1.83 bits per heavy atom. The molecule has 7 heteroatoms. The van der Waals surface area contributed by atoms with Crippen molar-refractivity contribution in [1.82, 2.24) is 5.43 Å². The van der Waals surface area contributed by atoms with Gasteiger partial charge >= 0.3 is 0 Å². The summed E-state index contributed by atoms with van der Waals surface area (Å²) in [4.78, 5) is 0. The zero-order chi connectivity index (χ0) is 20.6. The van der Waals surface area contributed by atoms with Crippen LogP contribution in [-0.2, 0) is 13.2 Å². The molecule has 3 rings (SSSR count). The van der Waals surface area contributed by atoms with E-state index in [1.807, 2.05) is 48.5 Å². The fourth-order valence-electron chi connectivity index (χ4n) is 2.61. The van der Waals surface area contributed by atoms with E-state index in [2.05, 4.69) is 26.5 Å². The first-order valence-electron chi connectivity index (χ1n) is 8.81. The largest absolute Gasteiger partial charge is 0.496 e. The first-order chi connectivity index (χ1) is 14.1. The third kappa shape index (κ3) is 6.13. The van der Waals surface area contributed by atoms with Crippen LogP contribution < -0.4 is 14.9 Å². The van der Waals surface area contributed by atoms with Crippen LogP contribution in [0.25, 0.3) is 0 Å². The molecule has 0 atom stereocenters. The molecule has 0 spiro atoms. The van der Waals surface area contributed by atoms with E-state index in [1.54, 1.807) is 25.5 Å². The van der Waals surface area contributed by atoms with Gasteiger partial charge in [0.1, 0.15) is 18.1 Å². The normalized spacial score (nSPS) is 10.9. The molecule has 0 unspecified atom stereocenters. The van der Waals surface area contributed by atoms with Crippen LogP contribution in [0.15, 0.2) is 70.2 Å². The number of para-hydroxylation sites is 1. The van der Waals surface area contributed by atoms with Crippen molar-refractivity contribution in [2.24, 2.45) is 5.10 Å². The number of nitrogens with one attached hydrogen (secondary N) is 1. The molecule has 0 aromatic heterocycles. The minimum absolute atomic E-state index is 0.350. The highest BCUT2D eigenvalue weighted by Gasteiger charge is 2.06. The van der Waals surface area contributed by atoms with Crippen molar-refractivity contribution >= 4 is 45.3 Å². The average Bonchev–Trinajstić information content (AvgIpc) is 2.72. The molecule has 1 N–H and O–H groups in total. The monoisotopic (exact) mass is 492 g/mol. The Balaban J connectivity index is 1.56. The Morgan fingerprint density at radius 1 is 1.00 bits per heavy atom. The molecule has 0 saturated carbocycles. The molecule has 0 aliphatic rings. The van der Waals surface area contributed by atoms with Crippen molar-refractivity contribution in [3.8, 4) is 11.5 Å². The standard InChI is InChI=1S/C22H19BrCl2N2O2/c1-28-21-5-3-2-4-16(21)13-27-26-12-15-6-9-22(19(23)10-15)29-14-17-7-8-18(24)11-20(17)25/h2-12,27H,13-14H2,1H3/b26-12-. The molecule has 0 bridgehead atoms. The van der Waals surface area contributed by atoms with Gasteiger partial charge in [0.25, 0.3) is 0 Å². The van der Waals surface area contributed by atoms with Gasteiger partial charge in [0.2, 0.25) is 0 Å². The summed E-state index contributed by atoms with van der Waals surface area (Å²) in [5.41, 5.74) is 5.87. The molecule has 0 aliphatic carbocycles. The molecule has 150 valence electrons. The molecule has 0 radical (unpaired) electrons. The maximum atomic E-state index is 6.19. The number of halogens is 3. The lowest BCUT2D eigenvalue weighted by atomic mass is 10.2. The van der Waals surface area contributed by atoms with Crippen LogP contribution in [0.5, 0.6) is 11.5 Å². The number of methoxy groups -OCH3 is 1. The SMILES string of the molecule is COc1ccccc1CN/N=C\c1ccc(OCc2ccc(Cl)cc2Cl)c(Br)c1. The summed E-state index contributed by atoms with van der Waals surface area (Å²) in [7, 11) is 1.66. The highest BCUT2D eigenvalue weighted by atomic mass is 79.9. The van der Waals surface area contributed by atoms with Crippen LogP contribution in [0.3, 0.4) is 0 Å². The maximum absolute atomic E-state index is 6.19. The van der Waals surface area contributed by atoms with Crippen molar-refractivity contribution in [3.05, 3.63) is 91.9 Å². The molecule has 0 heterocycles. The Kier molecular flexibility index (Phi) is 7.81. The number of hydrogen-bond donors (Lipinski definition) is 1. The predicted molar refractivity (Wildman–Crippen MR) is 122 cm³/mol. The van der Waals surface area contributed by atoms with E-state index in [9.17, 15) is 0 Å². The van der Waals surface area contributed by atoms with Crippen molar-refractivity contribution in [2.45, 2.75) is 13.2 Å². The number of nitrogens with zero attached hydrogens (tertiary/aromatic N) is 1. The van der Waals surface area contributed by atoms with E-state index in [1.165, 1.54) is 0 Å². The number of hydrazone groups is 1. The lowest BCUT2D eigenvalue weighted by Crippen LogP contribution is -2.06. The van der Waals surface area contributed by atoms with E-state index in [0.717, 1.165) is 32.7 Å². The zero-order valence-corrected chi connectivity index (χ0v) is 18.8. The van der Waals surface area contributed by atoms with Crippen LogP contribution in [-0.4, -0.2) is 13.3 Å². The molecule has 0 aliphatic heterocycles. The second kappa shape index (κ2) is 10.5. The minimum Gasteiger partial charge on any atom is -0.496 e. The summed E-state index contributed by atoms with van der Waals surface area (Å²) >= 11 is 15.6. The van der Waals surface area contributed by atoms with Gasteiger partial charge in [-0.25, -0.2) is 0 Å². The smallest absolute Gasteiger partial charge is 0.134 e. The van der Waals surface area contributed by atoms with Gasteiger partial charge in [-0.1, -0.05) is 47.5 Å². The Hall–Kier alpha value is -2.21. The van der Waals surface area contributed by atoms with E-state index in [0.29, 0.717) is 23.2 Å². The number of hydrogen-bond acceptors (Lipinski definition) is 4.